The monoisotopic (exact) mass is 263 g/mol. The lowest BCUT2D eigenvalue weighted by atomic mass is 10.2. The molecule has 19 heavy (non-hydrogen) atoms. The summed E-state index contributed by atoms with van der Waals surface area (Å²) in [6.07, 6.45) is 3.65. The zero-order chi connectivity index (χ0) is 13.8. The van der Waals surface area contributed by atoms with E-state index in [1.165, 1.54) is 7.11 Å². The molecular formula is C13H17N3O3. The summed E-state index contributed by atoms with van der Waals surface area (Å²) in [5.41, 5.74) is 0.469. The molecule has 2 rings (SSSR count). The molecule has 2 heterocycles. The van der Waals surface area contributed by atoms with Gasteiger partial charge in [0.2, 0.25) is 0 Å². The summed E-state index contributed by atoms with van der Waals surface area (Å²) in [4.78, 5) is 15.6. The van der Waals surface area contributed by atoms with Gasteiger partial charge in [-0.3, -0.25) is 0 Å². The van der Waals surface area contributed by atoms with E-state index in [1.807, 2.05) is 17.8 Å². The van der Waals surface area contributed by atoms with Gasteiger partial charge in [0.15, 0.2) is 0 Å². The van der Waals surface area contributed by atoms with E-state index in [9.17, 15) is 4.79 Å². The normalized spacial score (nSPS) is 10.7. The molecule has 0 spiro atoms. The Morgan fingerprint density at radius 2 is 2.32 bits per heavy atom. The largest absolute Gasteiger partial charge is 0.465 e. The van der Waals surface area contributed by atoms with E-state index in [-0.39, 0.29) is 5.97 Å². The molecule has 0 aliphatic rings. The number of aryl methyl sites for hydroxylation is 2. The lowest BCUT2D eigenvalue weighted by Crippen LogP contribution is -2.15. The summed E-state index contributed by atoms with van der Waals surface area (Å²) in [7, 11) is 3.30. The van der Waals surface area contributed by atoms with E-state index in [0.29, 0.717) is 30.2 Å². The summed E-state index contributed by atoms with van der Waals surface area (Å²) in [6, 6.07) is 1.70. The number of aromatic nitrogens is 2. The first kappa shape index (κ1) is 13.4. The lowest BCUT2D eigenvalue weighted by molar-refractivity contribution is 0.0599. The van der Waals surface area contributed by atoms with Gasteiger partial charge < -0.3 is 19.0 Å². The van der Waals surface area contributed by atoms with Gasteiger partial charge in [-0.1, -0.05) is 0 Å². The van der Waals surface area contributed by atoms with Gasteiger partial charge in [-0.05, 0) is 13.0 Å². The van der Waals surface area contributed by atoms with Gasteiger partial charge in [0.05, 0.1) is 20.2 Å². The van der Waals surface area contributed by atoms with Crippen LogP contribution in [0.2, 0.25) is 0 Å². The second-order valence-corrected chi connectivity index (χ2v) is 4.23. The number of furan rings is 1. The molecule has 102 valence electrons. The van der Waals surface area contributed by atoms with E-state index in [2.05, 4.69) is 15.0 Å². The van der Waals surface area contributed by atoms with Gasteiger partial charge in [0, 0.05) is 19.4 Å². The summed E-state index contributed by atoms with van der Waals surface area (Å²) in [5.74, 6) is 1.83. The van der Waals surface area contributed by atoms with Gasteiger partial charge in [-0.15, -0.1) is 0 Å². The SMILES string of the molecule is COC(=O)c1cc(CNCc2nccn2C)oc1C. The topological polar surface area (TPSA) is 69.3 Å². The highest BCUT2D eigenvalue weighted by atomic mass is 16.5. The average Bonchev–Trinajstić information content (AvgIpc) is 2.96. The molecule has 0 aliphatic carbocycles. The minimum atomic E-state index is -0.378. The zero-order valence-corrected chi connectivity index (χ0v) is 11.3. The van der Waals surface area contributed by atoms with Crippen molar-refractivity contribution in [2.45, 2.75) is 20.0 Å². The molecule has 0 bridgehead atoms. The van der Waals surface area contributed by atoms with Crippen LogP contribution in [0.4, 0.5) is 0 Å². The molecule has 0 atom stereocenters. The van der Waals surface area contributed by atoms with Crippen LogP contribution in [0.15, 0.2) is 22.9 Å². The van der Waals surface area contributed by atoms with Crippen molar-refractivity contribution in [3.05, 3.63) is 41.4 Å². The van der Waals surface area contributed by atoms with Crippen molar-refractivity contribution in [3.63, 3.8) is 0 Å². The van der Waals surface area contributed by atoms with E-state index >= 15 is 0 Å². The van der Waals surface area contributed by atoms with Crippen LogP contribution in [0, 0.1) is 6.92 Å². The van der Waals surface area contributed by atoms with Gasteiger partial charge in [0.25, 0.3) is 0 Å². The number of nitrogens with zero attached hydrogens (tertiary/aromatic N) is 2. The number of hydrogen-bond donors (Lipinski definition) is 1. The summed E-state index contributed by atoms with van der Waals surface area (Å²) in [5, 5.41) is 3.21. The molecule has 0 aliphatic heterocycles. The van der Waals surface area contributed by atoms with Crippen LogP contribution in [0.25, 0.3) is 0 Å². The number of imidazole rings is 1. The van der Waals surface area contributed by atoms with Crippen LogP contribution < -0.4 is 5.32 Å². The molecule has 6 nitrogen and oxygen atoms in total. The number of hydrogen-bond acceptors (Lipinski definition) is 5. The summed E-state index contributed by atoms with van der Waals surface area (Å²) < 4.78 is 12.1. The number of nitrogens with one attached hydrogen (secondary N) is 1. The van der Waals surface area contributed by atoms with Crippen LogP contribution in [0.1, 0.15) is 27.7 Å². The van der Waals surface area contributed by atoms with Gasteiger partial charge >= 0.3 is 5.97 Å². The minimum Gasteiger partial charge on any atom is -0.465 e. The van der Waals surface area contributed by atoms with Gasteiger partial charge in [0.1, 0.15) is 22.9 Å². The van der Waals surface area contributed by atoms with E-state index in [4.69, 9.17) is 4.42 Å². The Balaban J connectivity index is 1.93. The summed E-state index contributed by atoms with van der Waals surface area (Å²) in [6.45, 7) is 2.91. The van der Waals surface area contributed by atoms with Gasteiger partial charge in [-0.25, -0.2) is 9.78 Å². The number of ether oxygens (including phenoxy) is 1. The first-order valence-electron chi connectivity index (χ1n) is 5.96. The maximum Gasteiger partial charge on any atom is 0.341 e. The molecular weight excluding hydrogens is 246 g/mol. The smallest absolute Gasteiger partial charge is 0.341 e. The van der Waals surface area contributed by atoms with E-state index in [0.717, 1.165) is 5.82 Å². The fourth-order valence-electron chi connectivity index (χ4n) is 1.81. The molecule has 0 amide bonds. The first-order valence-corrected chi connectivity index (χ1v) is 5.96. The first-order chi connectivity index (χ1) is 9.11. The van der Waals surface area contributed by atoms with Gasteiger partial charge in [-0.2, -0.15) is 0 Å². The highest BCUT2D eigenvalue weighted by Crippen LogP contribution is 2.15. The molecule has 2 aromatic rings. The fraction of sp³-hybridized carbons (Fsp3) is 0.385. The minimum absolute atomic E-state index is 0.378. The van der Waals surface area contributed by atoms with Crippen LogP contribution in [-0.4, -0.2) is 22.6 Å². The molecule has 1 N–H and O–H groups in total. The van der Waals surface area contributed by atoms with E-state index in [1.54, 1.807) is 19.2 Å². The predicted octanol–water partition coefficient (Wildman–Crippen LogP) is 1.40. The standard InChI is InChI=1S/C13H17N3O3/c1-9-11(13(17)18-3)6-10(19-9)7-14-8-12-15-4-5-16(12)2/h4-6,14H,7-8H2,1-3H3. The van der Waals surface area contributed by atoms with Crippen molar-refractivity contribution < 1.29 is 13.9 Å². The molecule has 2 aromatic heterocycles. The van der Waals surface area contributed by atoms with E-state index < -0.39 is 0 Å². The Morgan fingerprint density at radius 3 is 2.95 bits per heavy atom. The predicted molar refractivity (Wildman–Crippen MR) is 68.5 cm³/mol. The third kappa shape index (κ3) is 3.03. The second-order valence-electron chi connectivity index (χ2n) is 4.23. The van der Waals surface area contributed by atoms with Crippen LogP contribution in [-0.2, 0) is 24.9 Å². The van der Waals surface area contributed by atoms with Crippen molar-refractivity contribution in [1.82, 2.24) is 14.9 Å². The molecule has 6 heteroatoms. The van der Waals surface area contributed by atoms with Crippen LogP contribution in [0.3, 0.4) is 0 Å². The van der Waals surface area contributed by atoms with Crippen molar-refractivity contribution in [2.24, 2.45) is 7.05 Å². The molecule has 0 fully saturated rings. The highest BCUT2D eigenvalue weighted by molar-refractivity contribution is 5.90. The fourth-order valence-corrected chi connectivity index (χ4v) is 1.81. The van der Waals surface area contributed by atoms with Crippen molar-refractivity contribution in [3.8, 4) is 0 Å². The lowest BCUT2D eigenvalue weighted by Gasteiger charge is -2.02. The third-order valence-corrected chi connectivity index (χ3v) is 2.88. The Kier molecular flexibility index (Phi) is 4.01. The maximum atomic E-state index is 11.4. The Bertz CT molecular complexity index is 571. The number of esters is 1. The molecule has 0 saturated heterocycles. The maximum absolute atomic E-state index is 11.4. The van der Waals surface area contributed by atoms with Crippen molar-refractivity contribution >= 4 is 5.97 Å². The van der Waals surface area contributed by atoms with Crippen LogP contribution >= 0.6 is 0 Å². The van der Waals surface area contributed by atoms with Crippen molar-refractivity contribution in [1.29, 1.82) is 0 Å². The van der Waals surface area contributed by atoms with Crippen LogP contribution in [0.5, 0.6) is 0 Å². The Labute approximate surface area is 111 Å². The molecule has 0 saturated carbocycles. The number of carbonyl (C=O) groups is 1. The third-order valence-electron chi connectivity index (χ3n) is 2.88. The average molecular weight is 263 g/mol. The quantitative estimate of drug-likeness (QED) is 0.826. The number of rotatable bonds is 5. The Morgan fingerprint density at radius 1 is 1.53 bits per heavy atom. The Hall–Kier alpha value is -2.08. The highest BCUT2D eigenvalue weighted by Gasteiger charge is 2.14. The molecule has 0 aromatic carbocycles. The van der Waals surface area contributed by atoms with Crippen molar-refractivity contribution in [2.75, 3.05) is 7.11 Å². The number of carbonyl (C=O) groups excluding carboxylic acids is 1. The molecule has 0 unspecified atom stereocenters. The molecule has 0 radical (unpaired) electrons. The summed E-state index contributed by atoms with van der Waals surface area (Å²) >= 11 is 0. The number of methoxy groups -OCH3 is 1. The second kappa shape index (κ2) is 5.71. The zero-order valence-electron chi connectivity index (χ0n) is 11.3.